The monoisotopic (exact) mass is 246 g/mol. The van der Waals surface area contributed by atoms with Crippen LogP contribution in [0.2, 0.25) is 0 Å². The van der Waals surface area contributed by atoms with Crippen molar-refractivity contribution in [1.29, 1.82) is 0 Å². The maximum absolute atomic E-state index is 4.30. The normalized spacial score (nSPS) is 10.3. The molecule has 1 aromatic heterocycles. The van der Waals surface area contributed by atoms with Gasteiger partial charge in [-0.2, -0.15) is 10.2 Å². The SMILES string of the molecule is c1ccc(Cc2ccc(-c3ccccc3)nn2)cc1. The Balaban J connectivity index is 1.80. The third kappa shape index (κ3) is 2.86. The summed E-state index contributed by atoms with van der Waals surface area (Å²) in [6, 6.07) is 24.5. The van der Waals surface area contributed by atoms with Gasteiger partial charge in [0, 0.05) is 12.0 Å². The van der Waals surface area contributed by atoms with Gasteiger partial charge in [0.2, 0.25) is 0 Å². The summed E-state index contributed by atoms with van der Waals surface area (Å²) in [7, 11) is 0. The van der Waals surface area contributed by atoms with Gasteiger partial charge in [0.05, 0.1) is 11.4 Å². The summed E-state index contributed by atoms with van der Waals surface area (Å²) in [6.45, 7) is 0. The minimum absolute atomic E-state index is 0.822. The van der Waals surface area contributed by atoms with Gasteiger partial charge < -0.3 is 0 Å². The molecule has 0 bridgehead atoms. The molecule has 0 N–H and O–H groups in total. The van der Waals surface area contributed by atoms with E-state index in [4.69, 9.17) is 0 Å². The summed E-state index contributed by atoms with van der Waals surface area (Å²) in [4.78, 5) is 0. The molecule has 0 spiro atoms. The van der Waals surface area contributed by atoms with Crippen molar-refractivity contribution < 1.29 is 0 Å². The number of benzene rings is 2. The molecule has 2 aromatic carbocycles. The van der Waals surface area contributed by atoms with Crippen molar-refractivity contribution in [3.63, 3.8) is 0 Å². The van der Waals surface area contributed by atoms with E-state index in [9.17, 15) is 0 Å². The second kappa shape index (κ2) is 5.44. The van der Waals surface area contributed by atoms with Crippen molar-refractivity contribution in [1.82, 2.24) is 10.2 Å². The Labute approximate surface area is 112 Å². The van der Waals surface area contributed by atoms with E-state index in [1.807, 2.05) is 60.7 Å². The number of hydrogen-bond acceptors (Lipinski definition) is 2. The first-order chi connectivity index (χ1) is 9.42. The zero-order chi connectivity index (χ0) is 12.9. The summed E-state index contributed by atoms with van der Waals surface area (Å²) in [5.74, 6) is 0. The molecule has 0 saturated heterocycles. The summed E-state index contributed by atoms with van der Waals surface area (Å²) in [5.41, 5.74) is 4.26. The summed E-state index contributed by atoms with van der Waals surface area (Å²) in [6.07, 6.45) is 0.822. The van der Waals surface area contributed by atoms with E-state index >= 15 is 0 Å². The molecule has 3 aromatic rings. The topological polar surface area (TPSA) is 25.8 Å². The van der Waals surface area contributed by atoms with Gasteiger partial charge in [0.1, 0.15) is 0 Å². The first-order valence-electron chi connectivity index (χ1n) is 6.34. The van der Waals surface area contributed by atoms with Crippen molar-refractivity contribution in [2.45, 2.75) is 6.42 Å². The molecular formula is C17H14N2. The second-order valence-corrected chi connectivity index (χ2v) is 4.44. The third-order valence-electron chi connectivity index (χ3n) is 3.02. The third-order valence-corrected chi connectivity index (χ3v) is 3.02. The highest BCUT2D eigenvalue weighted by molar-refractivity contribution is 5.57. The Morgan fingerprint density at radius 3 is 1.95 bits per heavy atom. The lowest BCUT2D eigenvalue weighted by Crippen LogP contribution is -1.95. The van der Waals surface area contributed by atoms with E-state index in [2.05, 4.69) is 22.3 Å². The number of rotatable bonds is 3. The maximum Gasteiger partial charge on any atom is 0.0929 e. The van der Waals surface area contributed by atoms with E-state index in [0.29, 0.717) is 0 Å². The minimum atomic E-state index is 0.822. The zero-order valence-electron chi connectivity index (χ0n) is 10.5. The first-order valence-corrected chi connectivity index (χ1v) is 6.34. The Hall–Kier alpha value is -2.48. The number of nitrogens with zero attached hydrogens (tertiary/aromatic N) is 2. The van der Waals surface area contributed by atoms with Crippen LogP contribution in [-0.4, -0.2) is 10.2 Å². The van der Waals surface area contributed by atoms with Gasteiger partial charge in [0.15, 0.2) is 0 Å². The quantitative estimate of drug-likeness (QED) is 0.703. The van der Waals surface area contributed by atoms with Crippen molar-refractivity contribution in [2.24, 2.45) is 0 Å². The molecule has 0 aliphatic carbocycles. The predicted molar refractivity (Wildman–Crippen MR) is 76.7 cm³/mol. The molecule has 92 valence electrons. The van der Waals surface area contributed by atoms with Crippen LogP contribution < -0.4 is 0 Å². The lowest BCUT2D eigenvalue weighted by molar-refractivity contribution is 0.942. The van der Waals surface area contributed by atoms with Crippen LogP contribution in [0.25, 0.3) is 11.3 Å². The van der Waals surface area contributed by atoms with Gasteiger partial charge in [0.25, 0.3) is 0 Å². The Morgan fingerprint density at radius 1 is 0.632 bits per heavy atom. The molecule has 19 heavy (non-hydrogen) atoms. The lowest BCUT2D eigenvalue weighted by atomic mass is 10.1. The average Bonchev–Trinajstić information content (AvgIpc) is 2.50. The molecule has 0 saturated carbocycles. The first kappa shape index (κ1) is 11.6. The Kier molecular flexibility index (Phi) is 3.32. The molecule has 0 unspecified atom stereocenters. The molecule has 0 radical (unpaired) electrons. The zero-order valence-corrected chi connectivity index (χ0v) is 10.5. The molecule has 0 aliphatic rings. The molecule has 1 heterocycles. The van der Waals surface area contributed by atoms with Crippen LogP contribution in [0.15, 0.2) is 72.8 Å². The van der Waals surface area contributed by atoms with Crippen molar-refractivity contribution >= 4 is 0 Å². The van der Waals surface area contributed by atoms with Crippen LogP contribution in [0.5, 0.6) is 0 Å². The van der Waals surface area contributed by atoms with Crippen molar-refractivity contribution in [3.05, 3.63) is 84.1 Å². The Morgan fingerprint density at radius 2 is 1.32 bits per heavy atom. The molecule has 0 amide bonds. The van der Waals surface area contributed by atoms with E-state index in [1.54, 1.807) is 0 Å². The number of aromatic nitrogens is 2. The van der Waals surface area contributed by atoms with Gasteiger partial charge in [-0.25, -0.2) is 0 Å². The molecule has 3 rings (SSSR count). The van der Waals surface area contributed by atoms with Crippen LogP contribution in [0, 0.1) is 0 Å². The smallest absolute Gasteiger partial charge is 0.0929 e. The van der Waals surface area contributed by atoms with E-state index < -0.39 is 0 Å². The minimum Gasteiger partial charge on any atom is -0.155 e. The molecular weight excluding hydrogens is 232 g/mol. The Bertz CT molecular complexity index is 631. The second-order valence-electron chi connectivity index (χ2n) is 4.44. The summed E-state index contributed by atoms with van der Waals surface area (Å²) < 4.78 is 0. The highest BCUT2D eigenvalue weighted by atomic mass is 15.1. The van der Waals surface area contributed by atoms with E-state index in [0.717, 1.165) is 23.4 Å². The van der Waals surface area contributed by atoms with Gasteiger partial charge in [-0.15, -0.1) is 0 Å². The number of hydrogen-bond donors (Lipinski definition) is 0. The fourth-order valence-electron chi connectivity index (χ4n) is 2.02. The summed E-state index contributed by atoms with van der Waals surface area (Å²) >= 11 is 0. The van der Waals surface area contributed by atoms with Crippen LogP contribution in [0.4, 0.5) is 0 Å². The van der Waals surface area contributed by atoms with E-state index in [-0.39, 0.29) is 0 Å². The highest BCUT2D eigenvalue weighted by Gasteiger charge is 2.01. The standard InChI is InChI=1S/C17H14N2/c1-3-7-14(8-4-1)13-16-11-12-17(19-18-16)15-9-5-2-6-10-15/h1-12H,13H2. The molecule has 2 nitrogen and oxygen atoms in total. The fraction of sp³-hybridized carbons (Fsp3) is 0.0588. The van der Waals surface area contributed by atoms with Crippen LogP contribution in [0.3, 0.4) is 0 Å². The van der Waals surface area contributed by atoms with Crippen molar-refractivity contribution in [2.75, 3.05) is 0 Å². The van der Waals surface area contributed by atoms with Crippen molar-refractivity contribution in [3.8, 4) is 11.3 Å². The van der Waals surface area contributed by atoms with Gasteiger partial charge in [-0.3, -0.25) is 0 Å². The molecule has 0 fully saturated rings. The molecule has 2 heteroatoms. The average molecular weight is 246 g/mol. The van der Waals surface area contributed by atoms with Crippen LogP contribution in [0.1, 0.15) is 11.3 Å². The fourth-order valence-corrected chi connectivity index (χ4v) is 2.02. The predicted octanol–water partition coefficient (Wildman–Crippen LogP) is 3.73. The van der Waals surface area contributed by atoms with Gasteiger partial charge in [-0.05, 0) is 17.7 Å². The highest BCUT2D eigenvalue weighted by Crippen LogP contribution is 2.15. The van der Waals surface area contributed by atoms with Gasteiger partial charge >= 0.3 is 0 Å². The van der Waals surface area contributed by atoms with Crippen LogP contribution >= 0.6 is 0 Å². The summed E-state index contributed by atoms with van der Waals surface area (Å²) in [5, 5.41) is 8.60. The molecule has 0 atom stereocenters. The van der Waals surface area contributed by atoms with Crippen LogP contribution in [-0.2, 0) is 6.42 Å². The van der Waals surface area contributed by atoms with E-state index in [1.165, 1.54) is 5.56 Å². The maximum atomic E-state index is 4.30. The largest absolute Gasteiger partial charge is 0.155 e. The van der Waals surface area contributed by atoms with Gasteiger partial charge in [-0.1, -0.05) is 60.7 Å². The molecule has 0 aliphatic heterocycles. The lowest BCUT2D eigenvalue weighted by Gasteiger charge is -2.02.